The Bertz CT molecular complexity index is 338. The Hall–Kier alpha value is -1.13. The number of ether oxygens (including phenoxy) is 2. The molecule has 1 aromatic heterocycles. The Morgan fingerprint density at radius 2 is 2.47 bits per heavy atom. The Labute approximate surface area is 102 Å². The monoisotopic (exact) mass is 236 g/mol. The van der Waals surface area contributed by atoms with Gasteiger partial charge in [-0.25, -0.2) is 4.98 Å². The van der Waals surface area contributed by atoms with E-state index in [-0.39, 0.29) is 0 Å². The first-order valence-corrected chi connectivity index (χ1v) is 6.21. The van der Waals surface area contributed by atoms with Gasteiger partial charge < -0.3 is 14.8 Å². The molecule has 0 bridgehead atoms. The molecule has 0 amide bonds. The van der Waals surface area contributed by atoms with Crippen LogP contribution in [0.2, 0.25) is 0 Å². The van der Waals surface area contributed by atoms with Gasteiger partial charge in [-0.05, 0) is 31.9 Å². The molecule has 1 aliphatic heterocycles. The first-order chi connectivity index (χ1) is 8.38. The Kier molecular flexibility index (Phi) is 4.76. The molecule has 1 unspecified atom stereocenters. The summed E-state index contributed by atoms with van der Waals surface area (Å²) in [4.78, 5) is 4.34. The maximum Gasteiger partial charge on any atom is 0.213 e. The number of hydrogen-bond acceptors (Lipinski definition) is 4. The van der Waals surface area contributed by atoms with Crippen LogP contribution >= 0.6 is 0 Å². The normalized spacial score (nSPS) is 19.5. The van der Waals surface area contributed by atoms with Gasteiger partial charge in [0.1, 0.15) is 0 Å². The first-order valence-electron chi connectivity index (χ1n) is 6.21. The smallest absolute Gasteiger partial charge is 0.213 e. The van der Waals surface area contributed by atoms with Gasteiger partial charge in [-0.15, -0.1) is 0 Å². The summed E-state index contributed by atoms with van der Waals surface area (Å²) in [6.45, 7) is 2.69. The lowest BCUT2D eigenvalue weighted by molar-refractivity contribution is 0.104. The van der Waals surface area contributed by atoms with Gasteiger partial charge in [-0.3, -0.25) is 0 Å². The molecule has 1 aliphatic rings. The quantitative estimate of drug-likeness (QED) is 0.764. The minimum atomic E-state index is 0.459. The fraction of sp³-hybridized carbons (Fsp3) is 0.615. The zero-order chi connectivity index (χ0) is 11.9. The number of hydrogen-bond donors (Lipinski definition) is 1. The number of rotatable bonds is 6. The lowest BCUT2D eigenvalue weighted by Crippen LogP contribution is -2.20. The zero-order valence-electron chi connectivity index (χ0n) is 10.3. The summed E-state index contributed by atoms with van der Waals surface area (Å²) in [6, 6.07) is 5.82. The Morgan fingerprint density at radius 3 is 3.24 bits per heavy atom. The lowest BCUT2D eigenvalue weighted by Gasteiger charge is -2.10. The van der Waals surface area contributed by atoms with Gasteiger partial charge in [0.25, 0.3) is 0 Å². The summed E-state index contributed by atoms with van der Waals surface area (Å²) < 4.78 is 10.6. The van der Waals surface area contributed by atoms with Crippen molar-refractivity contribution in [3.8, 4) is 5.88 Å². The third kappa shape index (κ3) is 3.98. The van der Waals surface area contributed by atoms with Crippen LogP contribution in [0.4, 0.5) is 0 Å². The molecule has 1 saturated heterocycles. The van der Waals surface area contributed by atoms with Crippen molar-refractivity contribution in [2.75, 3.05) is 20.3 Å². The maximum atomic E-state index is 5.57. The van der Waals surface area contributed by atoms with E-state index in [9.17, 15) is 0 Å². The molecule has 4 heteroatoms. The van der Waals surface area contributed by atoms with E-state index in [1.165, 1.54) is 12.8 Å². The number of nitrogens with one attached hydrogen (secondary N) is 1. The number of nitrogens with zero attached hydrogens (tertiary/aromatic N) is 1. The van der Waals surface area contributed by atoms with Crippen molar-refractivity contribution in [2.45, 2.75) is 31.9 Å². The maximum absolute atomic E-state index is 5.57. The van der Waals surface area contributed by atoms with Crippen molar-refractivity contribution < 1.29 is 9.47 Å². The average molecular weight is 236 g/mol. The second-order valence-electron chi connectivity index (χ2n) is 4.27. The van der Waals surface area contributed by atoms with E-state index in [2.05, 4.69) is 10.3 Å². The molecule has 0 saturated carbocycles. The van der Waals surface area contributed by atoms with E-state index in [1.54, 1.807) is 7.11 Å². The van der Waals surface area contributed by atoms with Gasteiger partial charge in [-0.2, -0.15) is 0 Å². The summed E-state index contributed by atoms with van der Waals surface area (Å²) in [5.74, 6) is 0.670. The SMILES string of the molecule is COc1cccc(CNCCC2CCCO2)n1. The molecule has 4 nitrogen and oxygen atoms in total. The zero-order valence-corrected chi connectivity index (χ0v) is 10.3. The summed E-state index contributed by atoms with van der Waals surface area (Å²) in [5, 5.41) is 3.38. The number of methoxy groups -OCH3 is 1. The molecular formula is C13H20N2O2. The van der Waals surface area contributed by atoms with Crippen molar-refractivity contribution in [2.24, 2.45) is 0 Å². The van der Waals surface area contributed by atoms with Crippen molar-refractivity contribution in [1.29, 1.82) is 0 Å². The summed E-state index contributed by atoms with van der Waals surface area (Å²) in [7, 11) is 1.64. The van der Waals surface area contributed by atoms with Gasteiger partial charge in [-0.1, -0.05) is 6.07 Å². The van der Waals surface area contributed by atoms with Gasteiger partial charge in [0.15, 0.2) is 0 Å². The Balaban J connectivity index is 1.66. The van der Waals surface area contributed by atoms with Crippen LogP contribution in [0.5, 0.6) is 5.88 Å². The highest BCUT2D eigenvalue weighted by Gasteiger charge is 2.14. The van der Waals surface area contributed by atoms with Gasteiger partial charge in [0.2, 0.25) is 5.88 Å². The molecule has 0 spiro atoms. The molecular weight excluding hydrogens is 216 g/mol. The second-order valence-corrected chi connectivity index (χ2v) is 4.27. The van der Waals surface area contributed by atoms with E-state index in [4.69, 9.17) is 9.47 Å². The van der Waals surface area contributed by atoms with Crippen LogP contribution in [0.1, 0.15) is 25.0 Å². The number of aromatic nitrogens is 1. The first kappa shape index (κ1) is 12.3. The fourth-order valence-electron chi connectivity index (χ4n) is 2.02. The van der Waals surface area contributed by atoms with Crippen LogP contribution in [0.25, 0.3) is 0 Å². The third-order valence-corrected chi connectivity index (χ3v) is 2.96. The van der Waals surface area contributed by atoms with E-state index in [0.717, 1.165) is 31.8 Å². The highest BCUT2D eigenvalue weighted by molar-refractivity contribution is 5.15. The van der Waals surface area contributed by atoms with Gasteiger partial charge in [0, 0.05) is 19.2 Å². The molecule has 1 aromatic rings. The van der Waals surface area contributed by atoms with Crippen molar-refractivity contribution in [3.63, 3.8) is 0 Å². The molecule has 1 fully saturated rings. The fourth-order valence-corrected chi connectivity index (χ4v) is 2.02. The van der Waals surface area contributed by atoms with Crippen LogP contribution in [-0.2, 0) is 11.3 Å². The molecule has 0 aliphatic carbocycles. The molecule has 1 atom stereocenters. The van der Waals surface area contributed by atoms with Crippen molar-refractivity contribution >= 4 is 0 Å². The summed E-state index contributed by atoms with van der Waals surface area (Å²) in [5.41, 5.74) is 1.01. The highest BCUT2D eigenvalue weighted by Crippen LogP contribution is 2.14. The van der Waals surface area contributed by atoms with Gasteiger partial charge in [0.05, 0.1) is 18.9 Å². The van der Waals surface area contributed by atoms with Crippen LogP contribution < -0.4 is 10.1 Å². The average Bonchev–Trinajstić information content (AvgIpc) is 2.88. The van der Waals surface area contributed by atoms with Crippen molar-refractivity contribution in [3.05, 3.63) is 23.9 Å². The number of pyridine rings is 1. The third-order valence-electron chi connectivity index (χ3n) is 2.96. The van der Waals surface area contributed by atoms with Crippen LogP contribution in [-0.4, -0.2) is 31.3 Å². The molecule has 94 valence electrons. The van der Waals surface area contributed by atoms with Crippen molar-refractivity contribution in [1.82, 2.24) is 10.3 Å². The predicted octanol–water partition coefficient (Wildman–Crippen LogP) is 1.75. The molecule has 2 heterocycles. The van der Waals surface area contributed by atoms with E-state index in [1.807, 2.05) is 18.2 Å². The molecule has 0 aromatic carbocycles. The van der Waals surface area contributed by atoms with E-state index >= 15 is 0 Å². The standard InChI is InChI=1S/C13H20N2O2/c1-16-13-6-2-4-11(15-13)10-14-8-7-12-5-3-9-17-12/h2,4,6,12,14H,3,5,7-10H2,1H3. The molecule has 0 radical (unpaired) electrons. The summed E-state index contributed by atoms with van der Waals surface area (Å²) in [6.07, 6.45) is 3.96. The second kappa shape index (κ2) is 6.57. The highest BCUT2D eigenvalue weighted by atomic mass is 16.5. The topological polar surface area (TPSA) is 43.4 Å². The van der Waals surface area contributed by atoms with Crippen LogP contribution in [0.3, 0.4) is 0 Å². The molecule has 1 N–H and O–H groups in total. The summed E-state index contributed by atoms with van der Waals surface area (Å²) >= 11 is 0. The van der Waals surface area contributed by atoms with Crippen LogP contribution in [0, 0.1) is 0 Å². The lowest BCUT2D eigenvalue weighted by atomic mass is 10.2. The van der Waals surface area contributed by atoms with E-state index < -0.39 is 0 Å². The minimum Gasteiger partial charge on any atom is -0.481 e. The van der Waals surface area contributed by atoms with Gasteiger partial charge >= 0.3 is 0 Å². The largest absolute Gasteiger partial charge is 0.481 e. The van der Waals surface area contributed by atoms with E-state index in [0.29, 0.717) is 12.0 Å². The minimum absolute atomic E-state index is 0.459. The predicted molar refractivity (Wildman–Crippen MR) is 66.1 cm³/mol. The Morgan fingerprint density at radius 1 is 1.53 bits per heavy atom. The molecule has 17 heavy (non-hydrogen) atoms. The molecule has 2 rings (SSSR count). The van der Waals surface area contributed by atoms with Crippen LogP contribution in [0.15, 0.2) is 18.2 Å².